The molecule has 0 unspecified atom stereocenters. The summed E-state index contributed by atoms with van der Waals surface area (Å²) in [6, 6.07) is 31.4. The van der Waals surface area contributed by atoms with E-state index in [1.54, 1.807) is 121 Å². The van der Waals surface area contributed by atoms with Gasteiger partial charge < -0.3 is 34.7 Å². The third kappa shape index (κ3) is 6.72. The zero-order valence-electron chi connectivity index (χ0n) is 25.0. The number of amides is 2. The van der Waals surface area contributed by atoms with Crippen molar-refractivity contribution in [1.29, 1.82) is 0 Å². The third-order valence-electron chi connectivity index (χ3n) is 8.30. The molecule has 4 aromatic rings. The van der Waals surface area contributed by atoms with E-state index in [1.807, 2.05) is 0 Å². The molecule has 3 atom stereocenters. The van der Waals surface area contributed by atoms with Crippen LogP contribution in [0.5, 0.6) is 0 Å². The van der Waals surface area contributed by atoms with Gasteiger partial charge in [0.15, 0.2) is 0 Å². The molecule has 0 bridgehead atoms. The summed E-state index contributed by atoms with van der Waals surface area (Å²) in [5, 5.41) is 39.3. The summed E-state index contributed by atoms with van der Waals surface area (Å²) in [7, 11) is 0. The Bertz CT molecular complexity index is 1520. The van der Waals surface area contributed by atoms with Gasteiger partial charge in [-0.15, -0.1) is 0 Å². The first-order valence-corrected chi connectivity index (χ1v) is 13.6. The van der Waals surface area contributed by atoms with Crippen molar-refractivity contribution in [3.63, 3.8) is 0 Å². The predicted octanol–water partition coefficient (Wildman–Crippen LogP) is -3.69. The second-order valence-electron chi connectivity index (χ2n) is 10.5. The topological polar surface area (TPSA) is 124 Å². The zero-order valence-corrected chi connectivity index (χ0v) is 31.2. The third-order valence-corrected chi connectivity index (χ3v) is 8.30. The molecule has 2 amide bonds. The number of hydrogen-bond acceptors (Lipinski definition) is 6. The smallest absolute Gasteiger partial charge is 0.548 e. The average Bonchev–Trinajstić information content (AvgIpc) is 3.26. The molecule has 4 aromatic carbocycles. The van der Waals surface area contributed by atoms with E-state index in [2.05, 4.69) is 0 Å². The van der Waals surface area contributed by atoms with E-state index in [4.69, 9.17) is 0 Å². The second-order valence-corrected chi connectivity index (χ2v) is 10.5. The van der Waals surface area contributed by atoms with Crippen molar-refractivity contribution in [1.82, 2.24) is 9.80 Å². The molecule has 0 radical (unpaired) electrons. The van der Waals surface area contributed by atoms with Gasteiger partial charge in [-0.25, -0.2) is 4.79 Å². The maximum Gasteiger partial charge on any atom is 1.00 e. The molecule has 1 aliphatic rings. The number of aliphatic hydroxyl groups is 1. The Morgan fingerprint density at radius 2 is 1.14 bits per heavy atom. The Kier molecular flexibility index (Phi) is 13.2. The van der Waals surface area contributed by atoms with Crippen LogP contribution in [0.25, 0.3) is 0 Å². The Morgan fingerprint density at radius 1 is 0.750 bits per heavy atom. The normalized spacial score (nSPS) is 18.6. The van der Waals surface area contributed by atoms with E-state index in [0.717, 1.165) is 9.80 Å². The van der Waals surface area contributed by atoms with E-state index < -0.39 is 41.1 Å². The monoisotopic (exact) mass is 640 g/mol. The molecule has 1 saturated heterocycles. The number of carbonyl (C=O) groups is 3. The molecule has 0 aliphatic carbocycles. The van der Waals surface area contributed by atoms with Gasteiger partial charge in [-0.1, -0.05) is 128 Å². The standard InChI is InChI=1S/C34H32N2O6.2K/c1-24(34(42,27-18-10-4-11-19-27)28-20-12-5-13-21-28)33(31(39)40)29(30(37)38)35(22-25-14-6-2-7-15-25)32(41)36(33)23-26-16-8-3-9-17-26;;/h2-21,24,29,42H,22-23H2,1H3,(H,37,38)(H,39,40);;/q;2*+1/p-2/t24-,29+,33+;;/m0../s1. The molecule has 1 aliphatic heterocycles. The fraction of sp³-hybridized carbons (Fsp3) is 0.206. The quantitative estimate of drug-likeness (QED) is 0.178. The molecule has 0 spiro atoms. The molecule has 1 heterocycles. The van der Waals surface area contributed by atoms with Crippen molar-refractivity contribution in [2.75, 3.05) is 0 Å². The summed E-state index contributed by atoms with van der Waals surface area (Å²) in [6.45, 7) is 1.01. The number of urea groups is 1. The second kappa shape index (κ2) is 15.7. The number of benzene rings is 4. The van der Waals surface area contributed by atoms with Crippen LogP contribution in [0.1, 0.15) is 29.2 Å². The fourth-order valence-corrected chi connectivity index (χ4v) is 6.26. The Morgan fingerprint density at radius 3 is 1.52 bits per heavy atom. The minimum absolute atomic E-state index is 0. The van der Waals surface area contributed by atoms with Gasteiger partial charge in [0.1, 0.15) is 17.2 Å². The maximum atomic E-state index is 14.2. The predicted molar refractivity (Wildman–Crippen MR) is 151 cm³/mol. The van der Waals surface area contributed by atoms with Crippen LogP contribution in [-0.2, 0) is 28.3 Å². The maximum absolute atomic E-state index is 14.2. The fourth-order valence-electron chi connectivity index (χ4n) is 6.26. The number of hydrogen-bond donors (Lipinski definition) is 1. The molecule has 44 heavy (non-hydrogen) atoms. The van der Waals surface area contributed by atoms with Crippen LogP contribution in [-0.4, -0.2) is 44.5 Å². The number of carbonyl (C=O) groups excluding carboxylic acids is 3. The number of nitrogens with zero attached hydrogens (tertiary/aromatic N) is 2. The number of carboxylic acids is 2. The van der Waals surface area contributed by atoms with Crippen LogP contribution >= 0.6 is 0 Å². The van der Waals surface area contributed by atoms with Crippen LogP contribution in [0, 0.1) is 5.92 Å². The zero-order chi connectivity index (χ0) is 29.9. The van der Waals surface area contributed by atoms with Crippen molar-refractivity contribution >= 4 is 18.0 Å². The van der Waals surface area contributed by atoms with Crippen LogP contribution in [0.2, 0.25) is 0 Å². The Hall–Kier alpha value is -1.68. The SMILES string of the molecule is C[C@H](C(O)(c1ccccc1)c1ccccc1)[C@]1(C(=O)[O-])[C@@H](C(=O)[O-])N(Cc2ccccc2)C(=O)N1Cc1ccccc1.[K+].[K+]. The van der Waals surface area contributed by atoms with Crippen LogP contribution < -0.4 is 113 Å². The minimum Gasteiger partial charge on any atom is -0.548 e. The van der Waals surface area contributed by atoms with Crippen LogP contribution in [0.15, 0.2) is 121 Å². The molecular formula is C34H30K2N2O6. The molecule has 10 heteroatoms. The van der Waals surface area contributed by atoms with Gasteiger partial charge in [0, 0.05) is 19.0 Å². The van der Waals surface area contributed by atoms with Gasteiger partial charge in [-0.3, -0.25) is 0 Å². The van der Waals surface area contributed by atoms with Crippen LogP contribution in [0.3, 0.4) is 0 Å². The van der Waals surface area contributed by atoms with E-state index >= 15 is 0 Å². The summed E-state index contributed by atoms with van der Waals surface area (Å²) < 4.78 is 0. The van der Waals surface area contributed by atoms with Gasteiger partial charge in [0.25, 0.3) is 0 Å². The van der Waals surface area contributed by atoms with E-state index in [0.29, 0.717) is 22.3 Å². The first kappa shape index (κ1) is 36.8. The van der Waals surface area contributed by atoms with Gasteiger partial charge in [0.2, 0.25) is 0 Å². The van der Waals surface area contributed by atoms with E-state index in [1.165, 1.54) is 6.92 Å². The van der Waals surface area contributed by atoms with Crippen molar-refractivity contribution in [3.05, 3.63) is 144 Å². The van der Waals surface area contributed by atoms with Crippen molar-refractivity contribution in [3.8, 4) is 0 Å². The molecule has 214 valence electrons. The number of carboxylic acid groups (broad SMARTS) is 2. The molecule has 0 saturated carbocycles. The van der Waals surface area contributed by atoms with Crippen molar-refractivity contribution in [2.24, 2.45) is 5.92 Å². The molecular weight excluding hydrogens is 611 g/mol. The summed E-state index contributed by atoms with van der Waals surface area (Å²) in [5.74, 6) is -5.03. The minimum atomic E-state index is -2.57. The van der Waals surface area contributed by atoms with Gasteiger partial charge >= 0.3 is 109 Å². The van der Waals surface area contributed by atoms with E-state index in [9.17, 15) is 29.7 Å². The van der Waals surface area contributed by atoms with Gasteiger partial charge in [0.05, 0.1) is 11.9 Å². The Balaban J connectivity index is 0.00000264. The first-order valence-electron chi connectivity index (χ1n) is 13.6. The average molecular weight is 641 g/mol. The van der Waals surface area contributed by atoms with Crippen LogP contribution in [0.4, 0.5) is 4.79 Å². The molecule has 5 rings (SSSR count). The van der Waals surface area contributed by atoms with Gasteiger partial charge in [-0.2, -0.15) is 0 Å². The number of rotatable bonds is 10. The van der Waals surface area contributed by atoms with Crippen molar-refractivity contribution in [2.45, 2.75) is 37.2 Å². The molecule has 1 fully saturated rings. The largest absolute Gasteiger partial charge is 1.00 e. The molecule has 8 nitrogen and oxygen atoms in total. The number of aliphatic carboxylic acids is 2. The molecule has 0 aromatic heterocycles. The van der Waals surface area contributed by atoms with Gasteiger partial charge in [-0.05, 0) is 22.3 Å². The summed E-state index contributed by atoms with van der Waals surface area (Å²) in [6.07, 6.45) is 0. The summed E-state index contributed by atoms with van der Waals surface area (Å²) in [5.41, 5.74) is -2.80. The summed E-state index contributed by atoms with van der Waals surface area (Å²) >= 11 is 0. The first-order chi connectivity index (χ1) is 20.2. The Labute approximate surface area is 341 Å². The summed E-state index contributed by atoms with van der Waals surface area (Å²) in [4.78, 5) is 42.9. The van der Waals surface area contributed by atoms with E-state index in [-0.39, 0.29) is 116 Å². The molecule has 1 N–H and O–H groups in total. The van der Waals surface area contributed by atoms with Crippen molar-refractivity contribution < 1.29 is 132 Å².